The van der Waals surface area contributed by atoms with Crippen molar-refractivity contribution in [1.82, 2.24) is 0 Å². The van der Waals surface area contributed by atoms with Crippen molar-refractivity contribution in [1.29, 1.82) is 0 Å². The van der Waals surface area contributed by atoms with Crippen LogP contribution in [0.25, 0.3) is 0 Å². The molecule has 8 heteroatoms. The van der Waals surface area contributed by atoms with E-state index in [4.69, 9.17) is 24.1 Å². The lowest BCUT2D eigenvalue weighted by Gasteiger charge is -2.10. The number of rotatable bonds is 3. The SMILES string of the molecule is CCCC(C)P(=O)(O)O.O=[PH](O)O. The van der Waals surface area contributed by atoms with Crippen LogP contribution in [0.5, 0.6) is 0 Å². The Morgan fingerprint density at radius 1 is 1.38 bits per heavy atom. The standard InChI is InChI=1S/C5H13O3P.H3O3P/c1-3-4-5(2)9(6,7)8;1-4(2)3/h5H,3-4H2,1-2H3,(H2,6,7,8);4H,(H2,1,2,3). The molecule has 0 saturated carbocycles. The summed E-state index contributed by atoms with van der Waals surface area (Å²) in [6.45, 7) is 3.48. The summed E-state index contributed by atoms with van der Waals surface area (Å²) in [4.78, 5) is 31.4. The van der Waals surface area contributed by atoms with Crippen LogP contribution < -0.4 is 0 Å². The molecule has 0 fully saturated rings. The summed E-state index contributed by atoms with van der Waals surface area (Å²) in [5.74, 6) is 0. The van der Waals surface area contributed by atoms with Crippen LogP contribution in [0.1, 0.15) is 26.7 Å². The number of hydrogen-bond acceptors (Lipinski definition) is 2. The fourth-order valence-electron chi connectivity index (χ4n) is 0.586. The molecule has 1 atom stereocenters. The zero-order valence-electron chi connectivity index (χ0n) is 7.54. The summed E-state index contributed by atoms with van der Waals surface area (Å²) in [5.41, 5.74) is -0.470. The topological polar surface area (TPSA) is 115 Å². The molecular weight excluding hydrogens is 218 g/mol. The van der Waals surface area contributed by atoms with Crippen LogP contribution in [0.4, 0.5) is 0 Å². The van der Waals surface area contributed by atoms with Gasteiger partial charge in [-0.25, -0.2) is 0 Å². The third-order valence-corrected chi connectivity index (χ3v) is 2.69. The van der Waals surface area contributed by atoms with Gasteiger partial charge in [0.2, 0.25) is 0 Å². The van der Waals surface area contributed by atoms with E-state index in [9.17, 15) is 4.57 Å². The average Bonchev–Trinajstić information content (AvgIpc) is 1.84. The minimum Gasteiger partial charge on any atom is -0.326 e. The van der Waals surface area contributed by atoms with Crippen LogP contribution in [0.2, 0.25) is 0 Å². The Bertz CT molecular complexity index is 183. The molecule has 0 heterocycles. The summed E-state index contributed by atoms with van der Waals surface area (Å²) >= 11 is 0. The van der Waals surface area contributed by atoms with Gasteiger partial charge in [0.1, 0.15) is 0 Å². The fourth-order valence-corrected chi connectivity index (χ4v) is 1.18. The van der Waals surface area contributed by atoms with Gasteiger partial charge in [-0.1, -0.05) is 20.3 Å². The van der Waals surface area contributed by atoms with E-state index >= 15 is 0 Å². The molecular formula is C5H16O6P2. The lowest BCUT2D eigenvalue weighted by Crippen LogP contribution is -2.01. The van der Waals surface area contributed by atoms with Crippen molar-refractivity contribution in [3.05, 3.63) is 0 Å². The highest BCUT2D eigenvalue weighted by molar-refractivity contribution is 7.52. The van der Waals surface area contributed by atoms with Crippen molar-refractivity contribution in [3.8, 4) is 0 Å². The van der Waals surface area contributed by atoms with E-state index in [0.29, 0.717) is 6.42 Å². The van der Waals surface area contributed by atoms with Gasteiger partial charge in [0.15, 0.2) is 0 Å². The van der Waals surface area contributed by atoms with Gasteiger partial charge in [0.25, 0.3) is 0 Å². The van der Waals surface area contributed by atoms with Gasteiger partial charge in [-0.3, -0.25) is 9.13 Å². The first kappa shape index (κ1) is 15.8. The van der Waals surface area contributed by atoms with Crippen molar-refractivity contribution in [2.24, 2.45) is 0 Å². The second-order valence-corrected chi connectivity index (χ2v) is 5.13. The average molecular weight is 234 g/mol. The molecule has 0 spiro atoms. The molecule has 0 aromatic carbocycles. The predicted molar refractivity (Wildman–Crippen MR) is 49.9 cm³/mol. The largest absolute Gasteiger partial charge is 0.328 e. The Hall–Kier alpha value is 0.300. The first-order chi connectivity index (χ1) is 5.71. The van der Waals surface area contributed by atoms with Crippen LogP contribution in [0.3, 0.4) is 0 Å². The number of hydrogen-bond donors (Lipinski definition) is 4. The van der Waals surface area contributed by atoms with Crippen LogP contribution in [-0.2, 0) is 9.13 Å². The molecule has 0 aliphatic carbocycles. The highest BCUT2D eigenvalue weighted by atomic mass is 31.2. The van der Waals surface area contributed by atoms with Crippen molar-refractivity contribution in [3.63, 3.8) is 0 Å². The van der Waals surface area contributed by atoms with Crippen LogP contribution in [0, 0.1) is 0 Å². The summed E-state index contributed by atoms with van der Waals surface area (Å²) in [7, 11) is -6.90. The maximum atomic E-state index is 10.4. The highest BCUT2D eigenvalue weighted by Crippen LogP contribution is 2.42. The van der Waals surface area contributed by atoms with Crippen LogP contribution in [-0.4, -0.2) is 25.2 Å². The van der Waals surface area contributed by atoms with Gasteiger partial charge in [-0.15, -0.1) is 0 Å². The molecule has 0 aliphatic heterocycles. The Labute approximate surface area is 77.7 Å². The molecule has 13 heavy (non-hydrogen) atoms. The van der Waals surface area contributed by atoms with E-state index in [1.54, 1.807) is 6.92 Å². The smallest absolute Gasteiger partial charge is 0.326 e. The molecule has 82 valence electrons. The molecule has 0 bridgehead atoms. The van der Waals surface area contributed by atoms with E-state index in [0.717, 1.165) is 6.42 Å². The zero-order valence-corrected chi connectivity index (χ0v) is 9.44. The third kappa shape index (κ3) is 15.1. The Kier molecular flexibility index (Phi) is 9.31. The Balaban J connectivity index is 0. The lowest BCUT2D eigenvalue weighted by molar-refractivity contribution is 0.357. The Morgan fingerprint density at radius 2 is 1.69 bits per heavy atom. The first-order valence-electron chi connectivity index (χ1n) is 3.68. The van der Waals surface area contributed by atoms with Gasteiger partial charge in [0.05, 0.1) is 5.66 Å². The predicted octanol–water partition coefficient (Wildman–Crippen LogP) is 0.713. The van der Waals surface area contributed by atoms with Crippen LogP contribution in [0.15, 0.2) is 0 Å². The van der Waals surface area contributed by atoms with Crippen LogP contribution >= 0.6 is 15.9 Å². The maximum Gasteiger partial charge on any atom is 0.328 e. The second kappa shape index (κ2) is 7.68. The second-order valence-electron chi connectivity index (χ2n) is 2.51. The molecule has 0 radical (unpaired) electrons. The molecule has 0 rings (SSSR count). The van der Waals surface area contributed by atoms with E-state index in [-0.39, 0.29) is 0 Å². The normalized spacial score (nSPS) is 13.5. The Morgan fingerprint density at radius 3 is 1.77 bits per heavy atom. The van der Waals surface area contributed by atoms with Crippen molar-refractivity contribution < 1.29 is 28.7 Å². The van der Waals surface area contributed by atoms with E-state index in [1.807, 2.05) is 6.92 Å². The van der Waals surface area contributed by atoms with Crippen molar-refractivity contribution in [2.45, 2.75) is 32.3 Å². The van der Waals surface area contributed by atoms with Crippen molar-refractivity contribution in [2.75, 3.05) is 0 Å². The minimum atomic E-state index is -3.77. The monoisotopic (exact) mass is 234 g/mol. The molecule has 0 aromatic rings. The minimum absolute atomic E-state index is 0.470. The van der Waals surface area contributed by atoms with Gasteiger partial charge < -0.3 is 19.6 Å². The van der Waals surface area contributed by atoms with E-state index in [2.05, 4.69) is 0 Å². The molecule has 0 aromatic heterocycles. The molecule has 0 saturated heterocycles. The van der Waals surface area contributed by atoms with Gasteiger partial charge >= 0.3 is 15.9 Å². The molecule has 0 amide bonds. The first-order valence-corrected chi connectivity index (χ1v) is 6.67. The van der Waals surface area contributed by atoms with Gasteiger partial charge in [-0.05, 0) is 6.42 Å². The van der Waals surface area contributed by atoms with Crippen molar-refractivity contribution >= 4 is 15.9 Å². The summed E-state index contributed by atoms with van der Waals surface area (Å²) in [5, 5.41) is 0. The quantitative estimate of drug-likeness (QED) is 0.534. The highest BCUT2D eigenvalue weighted by Gasteiger charge is 2.21. The van der Waals surface area contributed by atoms with E-state index < -0.39 is 21.5 Å². The molecule has 4 N–H and O–H groups in total. The lowest BCUT2D eigenvalue weighted by atomic mass is 10.3. The molecule has 6 nitrogen and oxygen atoms in total. The fraction of sp³-hybridized carbons (Fsp3) is 1.00. The summed E-state index contributed by atoms with van der Waals surface area (Å²) < 4.78 is 19.2. The van der Waals surface area contributed by atoms with Gasteiger partial charge in [-0.2, -0.15) is 0 Å². The third-order valence-electron chi connectivity index (χ3n) is 1.28. The molecule has 1 unspecified atom stereocenters. The summed E-state index contributed by atoms with van der Waals surface area (Å²) in [6.07, 6.45) is 1.43. The van der Waals surface area contributed by atoms with E-state index in [1.165, 1.54) is 0 Å². The van der Waals surface area contributed by atoms with Gasteiger partial charge in [0, 0.05) is 0 Å². The zero-order chi connectivity index (χ0) is 11.1. The molecule has 0 aliphatic rings. The summed E-state index contributed by atoms with van der Waals surface area (Å²) in [6, 6.07) is 0. The maximum absolute atomic E-state index is 10.4.